The number of rotatable bonds is 4. The number of ether oxygens (including phenoxy) is 1. The van der Waals surface area contributed by atoms with E-state index in [2.05, 4.69) is 38.9 Å². The second-order valence-electron chi connectivity index (χ2n) is 7.99. The number of allylic oxidation sites excluding steroid dienone is 1. The molecule has 23 heavy (non-hydrogen) atoms. The highest BCUT2D eigenvalue weighted by Crippen LogP contribution is 2.44. The van der Waals surface area contributed by atoms with E-state index in [1.54, 1.807) is 23.4 Å². The molecule has 0 aromatic carbocycles. The maximum Gasteiger partial charge on any atom is 0.192 e. The lowest BCUT2D eigenvalue weighted by Crippen LogP contribution is -2.55. The standard InChI is InChI=1S/C16H29FN2O3Si/c1-15(2,3)23(5,6)22-13-12(10-20)21-14(16(13,4)17)19-9-7-8-18-11-19/h7-9,12-14,20H,10-11H2,1-6H3/t12-,13-,14-,16-/m1/s1. The van der Waals surface area contributed by atoms with Crippen molar-refractivity contribution >= 4 is 14.5 Å². The first kappa shape index (κ1) is 18.6. The third-order valence-electron chi connectivity index (χ3n) is 5.10. The molecule has 0 radical (unpaired) electrons. The molecule has 4 atom stereocenters. The summed E-state index contributed by atoms with van der Waals surface area (Å²) < 4.78 is 27.7. The van der Waals surface area contributed by atoms with Gasteiger partial charge in [-0.25, -0.2) is 4.39 Å². The molecule has 1 fully saturated rings. The molecule has 0 aliphatic carbocycles. The Morgan fingerprint density at radius 1 is 1.48 bits per heavy atom. The first-order valence-corrected chi connectivity index (χ1v) is 11.0. The van der Waals surface area contributed by atoms with Crippen LogP contribution in [-0.4, -0.2) is 61.9 Å². The topological polar surface area (TPSA) is 54.3 Å². The normalized spacial score (nSPS) is 35.1. The highest BCUT2D eigenvalue weighted by molar-refractivity contribution is 6.74. The number of alkyl halides is 1. The van der Waals surface area contributed by atoms with E-state index in [4.69, 9.17) is 9.16 Å². The third-order valence-corrected chi connectivity index (χ3v) is 9.56. The monoisotopic (exact) mass is 344 g/mol. The lowest BCUT2D eigenvalue weighted by Gasteiger charge is -2.42. The zero-order chi connectivity index (χ0) is 17.5. The molecule has 2 rings (SSSR count). The summed E-state index contributed by atoms with van der Waals surface area (Å²) in [5.41, 5.74) is -1.74. The number of nitrogens with zero attached hydrogens (tertiary/aromatic N) is 2. The summed E-state index contributed by atoms with van der Waals surface area (Å²) in [5.74, 6) is 0. The first-order chi connectivity index (χ1) is 10.5. The van der Waals surface area contributed by atoms with Crippen LogP contribution in [0.3, 0.4) is 0 Å². The van der Waals surface area contributed by atoms with Crippen LogP contribution in [0.15, 0.2) is 17.3 Å². The number of halogens is 1. The Morgan fingerprint density at radius 2 is 2.13 bits per heavy atom. The van der Waals surface area contributed by atoms with Gasteiger partial charge in [-0.2, -0.15) is 0 Å². The van der Waals surface area contributed by atoms with Crippen LogP contribution in [-0.2, 0) is 9.16 Å². The average molecular weight is 345 g/mol. The van der Waals surface area contributed by atoms with E-state index in [0.29, 0.717) is 6.67 Å². The van der Waals surface area contributed by atoms with Gasteiger partial charge in [-0.3, -0.25) is 4.99 Å². The van der Waals surface area contributed by atoms with Crippen molar-refractivity contribution in [2.45, 2.75) is 69.9 Å². The van der Waals surface area contributed by atoms with Crippen molar-refractivity contribution in [3.63, 3.8) is 0 Å². The molecule has 7 heteroatoms. The van der Waals surface area contributed by atoms with Crippen LogP contribution < -0.4 is 0 Å². The van der Waals surface area contributed by atoms with Crippen LogP contribution in [0.1, 0.15) is 27.7 Å². The summed E-state index contributed by atoms with van der Waals surface area (Å²) in [6, 6.07) is 0. The minimum absolute atomic E-state index is 0.0451. The molecule has 1 N–H and O–H groups in total. The molecule has 2 aliphatic heterocycles. The van der Waals surface area contributed by atoms with E-state index in [-0.39, 0.29) is 11.6 Å². The molecule has 0 unspecified atom stereocenters. The molecule has 0 amide bonds. The van der Waals surface area contributed by atoms with Gasteiger partial charge in [0.15, 0.2) is 20.2 Å². The Balaban J connectivity index is 2.24. The molecule has 0 aromatic rings. The molecule has 132 valence electrons. The van der Waals surface area contributed by atoms with Gasteiger partial charge in [-0.1, -0.05) is 20.8 Å². The zero-order valence-electron chi connectivity index (χ0n) is 14.9. The average Bonchev–Trinajstić information content (AvgIpc) is 2.70. The molecule has 0 aromatic heterocycles. The van der Waals surface area contributed by atoms with Gasteiger partial charge in [0.2, 0.25) is 0 Å². The minimum atomic E-state index is -2.19. The largest absolute Gasteiger partial charge is 0.408 e. The van der Waals surface area contributed by atoms with Crippen LogP contribution >= 0.6 is 0 Å². The molecular formula is C16H29FN2O3Si. The van der Waals surface area contributed by atoms with Crippen LogP contribution in [0.5, 0.6) is 0 Å². The Morgan fingerprint density at radius 3 is 2.61 bits per heavy atom. The summed E-state index contributed by atoms with van der Waals surface area (Å²) in [7, 11) is -2.19. The van der Waals surface area contributed by atoms with Crippen molar-refractivity contribution in [2.24, 2.45) is 4.99 Å². The lowest BCUT2D eigenvalue weighted by atomic mass is 9.98. The SMILES string of the molecule is CC(C)(C)[Si](C)(C)O[C@@H]1[C@@H](CO)O[C@@H](N2C=CC=NC2)[C@]1(C)F. The zero-order valence-corrected chi connectivity index (χ0v) is 15.9. The van der Waals surface area contributed by atoms with Gasteiger partial charge in [-0.15, -0.1) is 0 Å². The Bertz CT molecular complexity index is 488. The summed E-state index contributed by atoms with van der Waals surface area (Å²) in [6.07, 6.45) is 2.90. The van der Waals surface area contributed by atoms with Crippen molar-refractivity contribution < 1.29 is 18.7 Å². The molecule has 2 aliphatic rings. The minimum Gasteiger partial charge on any atom is -0.408 e. The summed E-state index contributed by atoms with van der Waals surface area (Å²) in [5, 5.41) is 9.62. The van der Waals surface area contributed by atoms with Crippen molar-refractivity contribution in [1.82, 2.24) is 4.90 Å². The predicted octanol–water partition coefficient (Wildman–Crippen LogP) is 2.68. The Kier molecular flexibility index (Phi) is 5.07. The highest BCUT2D eigenvalue weighted by Gasteiger charge is 2.59. The van der Waals surface area contributed by atoms with Gasteiger partial charge in [-0.05, 0) is 31.1 Å². The van der Waals surface area contributed by atoms with Gasteiger partial charge in [0.25, 0.3) is 0 Å². The van der Waals surface area contributed by atoms with Gasteiger partial charge >= 0.3 is 0 Å². The van der Waals surface area contributed by atoms with E-state index in [1.807, 2.05) is 0 Å². The number of aliphatic hydroxyl groups excluding tert-OH is 1. The molecule has 2 heterocycles. The predicted molar refractivity (Wildman–Crippen MR) is 91.7 cm³/mol. The number of hydrogen-bond donors (Lipinski definition) is 1. The molecule has 1 saturated heterocycles. The molecule has 5 nitrogen and oxygen atoms in total. The summed E-state index contributed by atoms with van der Waals surface area (Å²) >= 11 is 0. The summed E-state index contributed by atoms with van der Waals surface area (Å²) in [4.78, 5) is 5.84. The highest BCUT2D eigenvalue weighted by atomic mass is 28.4. The van der Waals surface area contributed by atoms with Crippen molar-refractivity contribution in [3.8, 4) is 0 Å². The van der Waals surface area contributed by atoms with E-state index in [0.717, 1.165) is 0 Å². The lowest BCUT2D eigenvalue weighted by molar-refractivity contribution is -0.0870. The fourth-order valence-electron chi connectivity index (χ4n) is 2.65. The van der Waals surface area contributed by atoms with Crippen LogP contribution in [0.25, 0.3) is 0 Å². The number of aliphatic imine (C=N–C) groups is 1. The maximum atomic E-state index is 15.6. The molecule has 0 spiro atoms. The number of aliphatic hydroxyl groups is 1. The van der Waals surface area contributed by atoms with E-state index >= 15 is 4.39 Å². The van der Waals surface area contributed by atoms with Gasteiger partial charge < -0.3 is 19.2 Å². The van der Waals surface area contributed by atoms with Gasteiger partial charge in [0.1, 0.15) is 18.9 Å². The van der Waals surface area contributed by atoms with Crippen LogP contribution in [0.4, 0.5) is 4.39 Å². The molecule has 0 saturated carbocycles. The quantitative estimate of drug-likeness (QED) is 0.797. The molecule has 0 bridgehead atoms. The van der Waals surface area contributed by atoms with E-state index in [9.17, 15) is 5.11 Å². The fourth-order valence-corrected chi connectivity index (χ4v) is 4.02. The maximum absolute atomic E-state index is 15.6. The molecular weight excluding hydrogens is 315 g/mol. The van der Waals surface area contributed by atoms with Gasteiger partial charge in [0.05, 0.1) is 6.61 Å². The van der Waals surface area contributed by atoms with Gasteiger partial charge in [0, 0.05) is 12.4 Å². The van der Waals surface area contributed by atoms with Crippen molar-refractivity contribution in [2.75, 3.05) is 13.3 Å². The Hall–Kier alpha value is -0.763. The second kappa shape index (κ2) is 6.27. The van der Waals surface area contributed by atoms with Crippen molar-refractivity contribution in [3.05, 3.63) is 12.3 Å². The first-order valence-electron chi connectivity index (χ1n) is 8.06. The third kappa shape index (κ3) is 3.52. The van der Waals surface area contributed by atoms with E-state index < -0.39 is 32.4 Å². The van der Waals surface area contributed by atoms with Crippen molar-refractivity contribution in [1.29, 1.82) is 0 Å². The van der Waals surface area contributed by atoms with E-state index in [1.165, 1.54) is 6.92 Å². The van der Waals surface area contributed by atoms with Crippen LogP contribution in [0, 0.1) is 0 Å². The number of hydrogen-bond acceptors (Lipinski definition) is 5. The Labute approximate surface area is 139 Å². The fraction of sp³-hybridized carbons (Fsp3) is 0.812. The smallest absolute Gasteiger partial charge is 0.192 e. The second-order valence-corrected chi connectivity index (χ2v) is 12.7. The summed E-state index contributed by atoms with van der Waals surface area (Å²) in [6.45, 7) is 12.1. The van der Waals surface area contributed by atoms with Crippen LogP contribution in [0.2, 0.25) is 18.1 Å².